The summed E-state index contributed by atoms with van der Waals surface area (Å²) in [6, 6.07) is 5.96. The van der Waals surface area contributed by atoms with E-state index in [9.17, 15) is 14.0 Å². The van der Waals surface area contributed by atoms with Gasteiger partial charge in [0.2, 0.25) is 0 Å². The third-order valence-corrected chi connectivity index (χ3v) is 7.01. The topological polar surface area (TPSA) is 75.2 Å². The molecule has 1 aromatic heterocycles. The fourth-order valence-electron chi connectivity index (χ4n) is 4.42. The smallest absolute Gasteiger partial charge is 0.410 e. The number of nitrogens with zero attached hydrogens (tertiary/aromatic N) is 4. The summed E-state index contributed by atoms with van der Waals surface area (Å²) in [4.78, 5) is 36.3. The molecule has 0 aliphatic carbocycles. The second-order valence-corrected chi connectivity index (χ2v) is 11.2. The molecule has 0 spiro atoms. The molecule has 0 unspecified atom stereocenters. The first-order valence-corrected chi connectivity index (χ1v) is 12.8. The zero-order valence-corrected chi connectivity index (χ0v) is 22.9. The summed E-state index contributed by atoms with van der Waals surface area (Å²) in [6.07, 6.45) is -0.370. The molecule has 200 valence electrons. The highest BCUT2D eigenvalue weighted by Gasteiger charge is 2.38. The number of benzene rings is 1. The Bertz CT molecular complexity index is 1200. The van der Waals surface area contributed by atoms with Gasteiger partial charge in [-0.3, -0.25) is 9.69 Å². The van der Waals surface area contributed by atoms with E-state index in [4.69, 9.17) is 21.1 Å². The molecular weight excluding hydrogens is 499 g/mol. The van der Waals surface area contributed by atoms with E-state index in [0.29, 0.717) is 37.5 Å². The van der Waals surface area contributed by atoms with Crippen LogP contribution in [0, 0.1) is 5.82 Å². The van der Waals surface area contributed by atoms with E-state index in [2.05, 4.69) is 9.88 Å². The van der Waals surface area contributed by atoms with Crippen LogP contribution in [-0.2, 0) is 11.3 Å². The molecule has 0 radical (unpaired) electrons. The number of piperazine rings is 1. The molecule has 0 N–H and O–H groups in total. The first kappa shape index (κ1) is 27.1. The van der Waals surface area contributed by atoms with Crippen molar-refractivity contribution in [2.45, 2.75) is 58.8 Å². The first-order valence-electron chi connectivity index (χ1n) is 12.5. The average molecular weight is 533 g/mol. The van der Waals surface area contributed by atoms with Crippen molar-refractivity contribution < 1.29 is 23.5 Å². The van der Waals surface area contributed by atoms with Crippen molar-refractivity contribution in [2.24, 2.45) is 0 Å². The maximum Gasteiger partial charge on any atom is 0.410 e. The Kier molecular flexibility index (Phi) is 7.67. The number of fused-ring (bicyclic) bond motifs is 2. The molecule has 37 heavy (non-hydrogen) atoms. The predicted octanol–water partition coefficient (Wildman–Crippen LogP) is 4.84. The maximum atomic E-state index is 14.8. The summed E-state index contributed by atoms with van der Waals surface area (Å²) in [5.41, 5.74) is 0.511. The van der Waals surface area contributed by atoms with Crippen LogP contribution in [0.4, 0.5) is 9.18 Å². The monoisotopic (exact) mass is 532 g/mol. The molecule has 8 nitrogen and oxygen atoms in total. The van der Waals surface area contributed by atoms with Crippen molar-refractivity contribution in [3.05, 3.63) is 46.4 Å². The largest absolute Gasteiger partial charge is 0.490 e. The fraction of sp³-hybridized carbons (Fsp3) is 0.519. The van der Waals surface area contributed by atoms with Gasteiger partial charge in [0, 0.05) is 50.4 Å². The minimum atomic E-state index is -0.593. The van der Waals surface area contributed by atoms with Gasteiger partial charge in [-0.05, 0) is 46.8 Å². The summed E-state index contributed by atoms with van der Waals surface area (Å²) >= 11 is 6.79. The van der Waals surface area contributed by atoms with Gasteiger partial charge in [-0.15, -0.1) is 0 Å². The Morgan fingerprint density at radius 1 is 1.24 bits per heavy atom. The molecule has 0 bridgehead atoms. The lowest BCUT2D eigenvalue weighted by atomic mass is 10.0. The summed E-state index contributed by atoms with van der Waals surface area (Å²) in [5, 5.41) is 0.160. The molecule has 2 aromatic rings. The fourth-order valence-corrected chi connectivity index (χ4v) is 4.73. The lowest BCUT2D eigenvalue weighted by Crippen LogP contribution is -2.56. The second kappa shape index (κ2) is 10.5. The molecule has 4 rings (SSSR count). The number of rotatable bonds is 3. The van der Waals surface area contributed by atoms with Gasteiger partial charge >= 0.3 is 6.09 Å². The normalized spacial score (nSPS) is 18.0. The Hall–Kier alpha value is -2.91. The number of pyridine rings is 1. The highest BCUT2D eigenvalue weighted by atomic mass is 35.5. The Morgan fingerprint density at radius 3 is 2.59 bits per heavy atom. The predicted molar refractivity (Wildman–Crippen MR) is 139 cm³/mol. The number of hydrogen-bond acceptors (Lipinski definition) is 6. The molecular formula is C27H34ClFN4O4. The zero-order valence-electron chi connectivity index (χ0n) is 22.2. The SMILES string of the molecule is CC(C)N(C)C(=O)c1nc(-c2ccccc2F)c(Cl)c2c1CN1CCN(C(=O)OC(C)(C)C)C[C@@H]1CO2. The quantitative estimate of drug-likeness (QED) is 0.563. The van der Waals surface area contributed by atoms with E-state index < -0.39 is 11.4 Å². The summed E-state index contributed by atoms with van der Waals surface area (Å²) in [7, 11) is 1.71. The van der Waals surface area contributed by atoms with Crippen molar-refractivity contribution in [3.8, 4) is 17.0 Å². The van der Waals surface area contributed by atoms with E-state index in [1.807, 2.05) is 34.6 Å². The van der Waals surface area contributed by atoms with Crippen LogP contribution in [0.25, 0.3) is 11.3 Å². The van der Waals surface area contributed by atoms with Gasteiger partial charge in [0.1, 0.15) is 34.5 Å². The van der Waals surface area contributed by atoms with Crippen molar-refractivity contribution in [1.29, 1.82) is 0 Å². The van der Waals surface area contributed by atoms with Gasteiger partial charge in [0.25, 0.3) is 5.91 Å². The molecule has 2 aliphatic heterocycles. The molecule has 3 heterocycles. The Labute approximate surface area is 222 Å². The van der Waals surface area contributed by atoms with Crippen molar-refractivity contribution >= 4 is 23.6 Å². The van der Waals surface area contributed by atoms with Crippen LogP contribution < -0.4 is 4.74 Å². The average Bonchev–Trinajstić information content (AvgIpc) is 3.02. The van der Waals surface area contributed by atoms with E-state index in [0.717, 1.165) is 0 Å². The number of carbonyl (C=O) groups is 2. The zero-order chi connectivity index (χ0) is 27.1. The van der Waals surface area contributed by atoms with E-state index in [1.165, 1.54) is 6.07 Å². The van der Waals surface area contributed by atoms with Crippen molar-refractivity contribution in [2.75, 3.05) is 33.3 Å². The lowest BCUT2D eigenvalue weighted by molar-refractivity contribution is -0.00155. The molecule has 1 atom stereocenters. The Balaban J connectivity index is 1.73. The minimum Gasteiger partial charge on any atom is -0.490 e. The standard InChI is InChI=1S/C27H34ClFN4O4/c1-16(2)31(6)25(34)23-19-14-32-11-12-33(26(35)37-27(3,4)5)13-17(32)15-36-24(19)21(28)22(30-23)18-9-7-8-10-20(18)29/h7-10,16-17H,11-15H2,1-6H3/t17-/m1/s1. The number of amides is 2. The van der Waals surface area contributed by atoms with Gasteiger partial charge in [-0.1, -0.05) is 23.7 Å². The number of aromatic nitrogens is 1. The summed E-state index contributed by atoms with van der Waals surface area (Å²) < 4.78 is 26.6. The van der Waals surface area contributed by atoms with Crippen molar-refractivity contribution in [1.82, 2.24) is 19.7 Å². The molecule has 0 saturated carbocycles. The van der Waals surface area contributed by atoms with E-state index in [1.54, 1.807) is 35.0 Å². The second-order valence-electron chi connectivity index (χ2n) is 10.8. The maximum absolute atomic E-state index is 14.8. The minimum absolute atomic E-state index is 0.0747. The van der Waals surface area contributed by atoms with Crippen LogP contribution in [0.3, 0.4) is 0 Å². The van der Waals surface area contributed by atoms with Gasteiger partial charge < -0.3 is 19.3 Å². The van der Waals surface area contributed by atoms with Crippen LogP contribution in [0.2, 0.25) is 5.02 Å². The third-order valence-electron chi connectivity index (χ3n) is 6.65. The molecule has 10 heteroatoms. The van der Waals surface area contributed by atoms with Crippen LogP contribution in [0.15, 0.2) is 24.3 Å². The highest BCUT2D eigenvalue weighted by Crippen LogP contribution is 2.41. The van der Waals surface area contributed by atoms with Crippen LogP contribution in [-0.4, -0.2) is 82.7 Å². The van der Waals surface area contributed by atoms with E-state index in [-0.39, 0.29) is 52.7 Å². The highest BCUT2D eigenvalue weighted by molar-refractivity contribution is 6.34. The third kappa shape index (κ3) is 5.67. The van der Waals surface area contributed by atoms with E-state index >= 15 is 0 Å². The first-order chi connectivity index (χ1) is 17.4. The number of carbonyl (C=O) groups excluding carboxylic acids is 2. The number of hydrogen-bond donors (Lipinski definition) is 0. The van der Waals surface area contributed by atoms with Gasteiger partial charge in [-0.2, -0.15) is 0 Å². The summed E-state index contributed by atoms with van der Waals surface area (Å²) in [5.74, 6) is -0.463. The van der Waals surface area contributed by atoms with Gasteiger partial charge in [0.15, 0.2) is 0 Å². The number of ether oxygens (including phenoxy) is 2. The molecule has 2 aliphatic rings. The molecule has 2 amide bonds. The molecule has 1 aromatic carbocycles. The Morgan fingerprint density at radius 2 is 1.95 bits per heavy atom. The van der Waals surface area contributed by atoms with Crippen molar-refractivity contribution in [3.63, 3.8) is 0 Å². The van der Waals surface area contributed by atoms with Crippen LogP contribution >= 0.6 is 11.6 Å². The summed E-state index contributed by atoms with van der Waals surface area (Å²) in [6.45, 7) is 11.4. The van der Waals surface area contributed by atoms with Gasteiger partial charge in [0.05, 0.1) is 11.7 Å². The molecule has 1 saturated heterocycles. The van der Waals surface area contributed by atoms with Crippen LogP contribution in [0.5, 0.6) is 5.75 Å². The van der Waals surface area contributed by atoms with Crippen LogP contribution in [0.1, 0.15) is 50.7 Å². The lowest BCUT2D eigenvalue weighted by Gasteiger charge is -2.40. The number of halogens is 2. The molecule has 1 fully saturated rings. The van der Waals surface area contributed by atoms with Gasteiger partial charge in [-0.25, -0.2) is 14.2 Å².